The van der Waals surface area contributed by atoms with Crippen LogP contribution in [-0.4, -0.2) is 62.6 Å². The zero-order valence-electron chi connectivity index (χ0n) is 14.2. The molecule has 0 saturated carbocycles. The molecule has 1 fully saturated rings. The van der Waals surface area contributed by atoms with Crippen molar-refractivity contribution in [2.45, 2.75) is 19.4 Å². The molecular formula is C17H28ClN3O2. The molecule has 1 aliphatic rings. The normalized spacial score (nSPS) is 16.8. The third kappa shape index (κ3) is 5.37. The monoisotopic (exact) mass is 341 g/mol. The summed E-state index contributed by atoms with van der Waals surface area (Å²) in [7, 11) is 3.53. The Bertz CT molecular complexity index is 490. The maximum Gasteiger partial charge on any atom is 0.236 e. The van der Waals surface area contributed by atoms with Gasteiger partial charge in [-0.15, -0.1) is 12.4 Å². The number of methoxy groups -OCH3 is 1. The van der Waals surface area contributed by atoms with Gasteiger partial charge in [0.1, 0.15) is 5.75 Å². The number of benzene rings is 1. The van der Waals surface area contributed by atoms with Gasteiger partial charge in [0.05, 0.1) is 19.7 Å². The fourth-order valence-corrected chi connectivity index (χ4v) is 2.80. The number of amides is 1. The van der Waals surface area contributed by atoms with Crippen LogP contribution in [0, 0.1) is 0 Å². The first-order valence-corrected chi connectivity index (χ1v) is 7.95. The molecule has 130 valence electrons. The molecule has 1 aromatic rings. The third-order valence-corrected chi connectivity index (χ3v) is 4.35. The summed E-state index contributed by atoms with van der Waals surface area (Å²) in [6.45, 7) is 6.44. The first-order valence-electron chi connectivity index (χ1n) is 7.95. The number of nitrogens with zero attached hydrogens (tertiary/aromatic N) is 2. The molecule has 0 bridgehead atoms. The van der Waals surface area contributed by atoms with E-state index in [1.165, 1.54) is 0 Å². The van der Waals surface area contributed by atoms with Crippen molar-refractivity contribution in [2.75, 3.05) is 46.9 Å². The van der Waals surface area contributed by atoms with Crippen LogP contribution in [0.5, 0.6) is 5.75 Å². The SMILES string of the molecule is COc1ccccc1C(C)N(C)C(=O)CN1CCCNCC1.Cl. The molecule has 6 heteroatoms. The molecule has 1 amide bonds. The Morgan fingerprint density at radius 2 is 2.09 bits per heavy atom. The summed E-state index contributed by atoms with van der Waals surface area (Å²) in [6, 6.07) is 7.87. The van der Waals surface area contributed by atoms with E-state index in [1.54, 1.807) is 7.11 Å². The van der Waals surface area contributed by atoms with Crippen LogP contribution in [-0.2, 0) is 4.79 Å². The summed E-state index contributed by atoms with van der Waals surface area (Å²) in [6.07, 6.45) is 1.10. The van der Waals surface area contributed by atoms with Crippen LogP contribution < -0.4 is 10.1 Å². The molecule has 0 aromatic heterocycles. The predicted octanol–water partition coefficient (Wildman–Crippen LogP) is 1.93. The van der Waals surface area contributed by atoms with E-state index in [0.717, 1.165) is 43.9 Å². The summed E-state index contributed by atoms with van der Waals surface area (Å²) in [5.74, 6) is 0.980. The van der Waals surface area contributed by atoms with Crippen LogP contribution >= 0.6 is 12.4 Å². The highest BCUT2D eigenvalue weighted by Crippen LogP contribution is 2.28. The Hall–Kier alpha value is -1.30. The average Bonchev–Trinajstić information content (AvgIpc) is 2.82. The Morgan fingerprint density at radius 1 is 1.35 bits per heavy atom. The zero-order chi connectivity index (χ0) is 15.9. The number of hydrogen-bond donors (Lipinski definition) is 1. The van der Waals surface area contributed by atoms with E-state index in [0.29, 0.717) is 6.54 Å². The number of hydrogen-bond acceptors (Lipinski definition) is 4. The lowest BCUT2D eigenvalue weighted by Gasteiger charge is -2.29. The molecule has 0 spiro atoms. The lowest BCUT2D eigenvalue weighted by molar-refractivity contribution is -0.133. The molecule has 5 nitrogen and oxygen atoms in total. The number of rotatable bonds is 5. The Morgan fingerprint density at radius 3 is 2.83 bits per heavy atom. The summed E-state index contributed by atoms with van der Waals surface area (Å²) in [5, 5.41) is 3.36. The van der Waals surface area contributed by atoms with Crippen molar-refractivity contribution in [3.8, 4) is 5.75 Å². The minimum atomic E-state index is -0.00578. The van der Waals surface area contributed by atoms with Gasteiger partial charge in [0.25, 0.3) is 0 Å². The van der Waals surface area contributed by atoms with Gasteiger partial charge in [0.15, 0.2) is 0 Å². The Kier molecular flexibility index (Phi) is 8.37. The van der Waals surface area contributed by atoms with Crippen molar-refractivity contribution in [2.24, 2.45) is 0 Å². The van der Waals surface area contributed by atoms with Gasteiger partial charge in [-0.05, 0) is 32.5 Å². The highest BCUT2D eigenvalue weighted by atomic mass is 35.5. The van der Waals surface area contributed by atoms with Crippen LogP contribution in [0.15, 0.2) is 24.3 Å². The topological polar surface area (TPSA) is 44.8 Å². The quantitative estimate of drug-likeness (QED) is 0.889. The standard InChI is InChI=1S/C17H27N3O2.ClH/c1-14(15-7-4-5-8-16(15)22-3)19(2)17(21)13-20-11-6-9-18-10-12-20;/h4-5,7-8,14,18H,6,9-13H2,1-3H3;1H. The molecule has 1 saturated heterocycles. The molecule has 23 heavy (non-hydrogen) atoms. The molecule has 1 aromatic carbocycles. The predicted molar refractivity (Wildman–Crippen MR) is 95.4 cm³/mol. The Labute approximate surface area is 145 Å². The number of para-hydroxylation sites is 1. The maximum atomic E-state index is 12.6. The summed E-state index contributed by atoms with van der Waals surface area (Å²) in [5.41, 5.74) is 1.04. The second-order valence-corrected chi connectivity index (χ2v) is 5.80. The molecule has 1 atom stereocenters. The van der Waals surface area contributed by atoms with E-state index in [4.69, 9.17) is 4.74 Å². The largest absolute Gasteiger partial charge is 0.496 e. The summed E-state index contributed by atoms with van der Waals surface area (Å²) >= 11 is 0. The van der Waals surface area contributed by atoms with E-state index < -0.39 is 0 Å². The van der Waals surface area contributed by atoms with Crippen molar-refractivity contribution in [3.63, 3.8) is 0 Å². The van der Waals surface area contributed by atoms with Gasteiger partial charge < -0.3 is 15.0 Å². The van der Waals surface area contributed by atoms with Crippen LogP contribution in [0.2, 0.25) is 0 Å². The van der Waals surface area contributed by atoms with Crippen LogP contribution in [0.4, 0.5) is 0 Å². The van der Waals surface area contributed by atoms with Gasteiger partial charge >= 0.3 is 0 Å². The lowest BCUT2D eigenvalue weighted by atomic mass is 10.1. The van der Waals surface area contributed by atoms with Crippen LogP contribution in [0.1, 0.15) is 24.9 Å². The van der Waals surface area contributed by atoms with Crippen LogP contribution in [0.3, 0.4) is 0 Å². The maximum absolute atomic E-state index is 12.6. The van der Waals surface area contributed by atoms with Crippen molar-refractivity contribution in [1.82, 2.24) is 15.1 Å². The molecule has 1 heterocycles. The lowest BCUT2D eigenvalue weighted by Crippen LogP contribution is -2.40. The van der Waals surface area contributed by atoms with E-state index in [2.05, 4.69) is 10.2 Å². The first kappa shape index (κ1) is 19.7. The fourth-order valence-electron chi connectivity index (χ4n) is 2.80. The number of ether oxygens (including phenoxy) is 1. The summed E-state index contributed by atoms with van der Waals surface area (Å²) < 4.78 is 5.41. The van der Waals surface area contributed by atoms with Gasteiger partial charge in [-0.1, -0.05) is 18.2 Å². The average molecular weight is 342 g/mol. The van der Waals surface area contributed by atoms with E-state index >= 15 is 0 Å². The van der Waals surface area contributed by atoms with Gasteiger partial charge in [-0.25, -0.2) is 0 Å². The first-order chi connectivity index (χ1) is 10.6. The summed E-state index contributed by atoms with van der Waals surface area (Å²) in [4.78, 5) is 16.6. The van der Waals surface area contributed by atoms with Gasteiger partial charge in [-0.2, -0.15) is 0 Å². The minimum absolute atomic E-state index is 0. The third-order valence-electron chi connectivity index (χ3n) is 4.35. The molecule has 2 rings (SSSR count). The Balaban J connectivity index is 0.00000264. The molecule has 0 radical (unpaired) electrons. The molecule has 1 aliphatic heterocycles. The second kappa shape index (κ2) is 9.75. The highest BCUT2D eigenvalue weighted by molar-refractivity contribution is 5.85. The van der Waals surface area contributed by atoms with Crippen molar-refractivity contribution in [3.05, 3.63) is 29.8 Å². The van der Waals surface area contributed by atoms with E-state index in [-0.39, 0.29) is 24.4 Å². The molecule has 1 unspecified atom stereocenters. The smallest absolute Gasteiger partial charge is 0.236 e. The van der Waals surface area contributed by atoms with E-state index in [1.807, 2.05) is 43.1 Å². The number of carbonyl (C=O) groups is 1. The second-order valence-electron chi connectivity index (χ2n) is 5.80. The van der Waals surface area contributed by atoms with Crippen molar-refractivity contribution >= 4 is 18.3 Å². The van der Waals surface area contributed by atoms with Crippen molar-refractivity contribution in [1.29, 1.82) is 0 Å². The fraction of sp³-hybridized carbons (Fsp3) is 0.588. The zero-order valence-corrected chi connectivity index (χ0v) is 15.1. The number of nitrogens with one attached hydrogen (secondary N) is 1. The molecule has 0 aliphatic carbocycles. The number of likely N-dealkylation sites (N-methyl/N-ethyl adjacent to an activating group) is 1. The van der Waals surface area contributed by atoms with Gasteiger partial charge in [-0.3, -0.25) is 9.69 Å². The number of halogens is 1. The number of carbonyl (C=O) groups excluding carboxylic acids is 1. The van der Waals surface area contributed by atoms with E-state index in [9.17, 15) is 4.79 Å². The highest BCUT2D eigenvalue weighted by Gasteiger charge is 2.22. The molecular weight excluding hydrogens is 314 g/mol. The minimum Gasteiger partial charge on any atom is -0.496 e. The van der Waals surface area contributed by atoms with Crippen LogP contribution in [0.25, 0.3) is 0 Å². The van der Waals surface area contributed by atoms with Gasteiger partial charge in [0, 0.05) is 25.7 Å². The van der Waals surface area contributed by atoms with Gasteiger partial charge in [0.2, 0.25) is 5.91 Å². The molecule has 1 N–H and O–H groups in total. The van der Waals surface area contributed by atoms with Crippen molar-refractivity contribution < 1.29 is 9.53 Å².